The highest BCUT2D eigenvalue weighted by molar-refractivity contribution is 7.15. The van der Waals surface area contributed by atoms with Crippen LogP contribution in [0.3, 0.4) is 0 Å². The summed E-state index contributed by atoms with van der Waals surface area (Å²) in [5, 5.41) is 4.77. The molecule has 2 aliphatic rings. The van der Waals surface area contributed by atoms with E-state index in [9.17, 15) is 0 Å². The Labute approximate surface area is 126 Å². The molecule has 112 valence electrons. The normalized spacial score (nSPS) is 22.2. The van der Waals surface area contributed by atoms with Crippen LogP contribution in [0.5, 0.6) is 0 Å². The highest BCUT2D eigenvalue weighted by atomic mass is 32.1. The van der Waals surface area contributed by atoms with E-state index in [2.05, 4.69) is 40.1 Å². The number of rotatable bonds is 6. The van der Waals surface area contributed by atoms with Gasteiger partial charge in [0.15, 0.2) is 5.13 Å². The summed E-state index contributed by atoms with van der Waals surface area (Å²) in [6.45, 7) is 10.2. The van der Waals surface area contributed by atoms with E-state index < -0.39 is 0 Å². The molecule has 20 heavy (non-hydrogen) atoms. The van der Waals surface area contributed by atoms with Crippen molar-refractivity contribution in [3.63, 3.8) is 0 Å². The number of aromatic nitrogens is 1. The number of anilines is 1. The van der Waals surface area contributed by atoms with E-state index in [1.165, 1.54) is 42.4 Å². The number of hydrogen-bond acceptors (Lipinski definition) is 5. The van der Waals surface area contributed by atoms with Crippen molar-refractivity contribution in [3.8, 4) is 0 Å². The fraction of sp³-hybridized carbons (Fsp3) is 0.800. The van der Waals surface area contributed by atoms with Crippen LogP contribution in [0.4, 0.5) is 5.13 Å². The first-order valence-electron chi connectivity index (χ1n) is 7.93. The van der Waals surface area contributed by atoms with Crippen LogP contribution in [0.25, 0.3) is 0 Å². The Morgan fingerprint density at radius 2 is 2.10 bits per heavy atom. The quantitative estimate of drug-likeness (QED) is 0.872. The van der Waals surface area contributed by atoms with Gasteiger partial charge in [-0.25, -0.2) is 4.98 Å². The zero-order chi connectivity index (χ0) is 13.9. The highest BCUT2D eigenvalue weighted by Gasteiger charge is 2.23. The van der Waals surface area contributed by atoms with Crippen LogP contribution in [0, 0.1) is 0 Å². The van der Waals surface area contributed by atoms with Gasteiger partial charge in [-0.2, -0.15) is 0 Å². The van der Waals surface area contributed by atoms with Gasteiger partial charge in [-0.15, -0.1) is 11.3 Å². The first-order chi connectivity index (χ1) is 9.76. The molecule has 1 aromatic rings. The second-order valence-corrected chi connectivity index (χ2v) is 7.14. The summed E-state index contributed by atoms with van der Waals surface area (Å²) >= 11 is 1.86. The Morgan fingerprint density at radius 3 is 2.75 bits per heavy atom. The maximum atomic E-state index is 4.61. The fourth-order valence-electron chi connectivity index (χ4n) is 2.67. The van der Waals surface area contributed by atoms with Gasteiger partial charge in [0.05, 0.1) is 0 Å². The van der Waals surface area contributed by atoms with Crippen molar-refractivity contribution < 1.29 is 0 Å². The van der Waals surface area contributed by atoms with Crippen molar-refractivity contribution in [1.82, 2.24) is 15.2 Å². The van der Waals surface area contributed by atoms with Gasteiger partial charge in [-0.05, 0) is 26.2 Å². The summed E-state index contributed by atoms with van der Waals surface area (Å²) in [4.78, 5) is 11.0. The van der Waals surface area contributed by atoms with E-state index in [0.717, 1.165) is 25.7 Å². The molecule has 0 radical (unpaired) electrons. The largest absolute Gasteiger partial charge is 0.346 e. The number of piperazine rings is 1. The molecule has 2 fully saturated rings. The summed E-state index contributed by atoms with van der Waals surface area (Å²) in [6, 6.07) is 1.49. The molecule has 1 unspecified atom stereocenters. The molecule has 0 amide bonds. The molecule has 0 spiro atoms. The summed E-state index contributed by atoms with van der Waals surface area (Å²) in [7, 11) is 0. The average Bonchev–Trinajstić information content (AvgIpc) is 3.21. The molecule has 2 heterocycles. The minimum atomic E-state index is 0.715. The standard InChI is InChI=1S/C15H26N4S/c1-3-12(2)18-6-8-19(9-7-18)15-17-11-14(20-15)10-16-13-4-5-13/h11-13,16H,3-10H2,1-2H3. The Bertz CT molecular complexity index is 421. The SMILES string of the molecule is CCC(C)N1CCN(c2ncc(CNC3CC3)s2)CC1. The Hall–Kier alpha value is -0.650. The van der Waals surface area contributed by atoms with E-state index in [4.69, 9.17) is 0 Å². The average molecular weight is 294 g/mol. The van der Waals surface area contributed by atoms with Crippen LogP contribution in [-0.4, -0.2) is 48.1 Å². The topological polar surface area (TPSA) is 31.4 Å². The summed E-state index contributed by atoms with van der Waals surface area (Å²) in [6.07, 6.45) is 6.00. The van der Waals surface area contributed by atoms with Crippen LogP contribution in [-0.2, 0) is 6.54 Å². The van der Waals surface area contributed by atoms with Gasteiger partial charge in [0.25, 0.3) is 0 Å². The second kappa shape index (κ2) is 6.41. The van der Waals surface area contributed by atoms with Gasteiger partial charge in [0.2, 0.25) is 0 Å². The lowest BCUT2D eigenvalue weighted by atomic mass is 10.2. The van der Waals surface area contributed by atoms with Gasteiger partial charge in [0, 0.05) is 55.9 Å². The van der Waals surface area contributed by atoms with Crippen molar-refractivity contribution >= 4 is 16.5 Å². The molecule has 1 N–H and O–H groups in total. The molecule has 1 aromatic heterocycles. The predicted octanol–water partition coefficient (Wildman–Crippen LogP) is 2.32. The lowest BCUT2D eigenvalue weighted by Gasteiger charge is -2.37. The van der Waals surface area contributed by atoms with Gasteiger partial charge in [0.1, 0.15) is 0 Å². The van der Waals surface area contributed by atoms with E-state index in [1.54, 1.807) is 0 Å². The zero-order valence-electron chi connectivity index (χ0n) is 12.6. The fourth-order valence-corrected chi connectivity index (χ4v) is 3.58. The van der Waals surface area contributed by atoms with E-state index >= 15 is 0 Å². The predicted molar refractivity (Wildman–Crippen MR) is 85.5 cm³/mol. The van der Waals surface area contributed by atoms with E-state index in [0.29, 0.717) is 6.04 Å². The number of hydrogen-bond donors (Lipinski definition) is 1. The maximum Gasteiger partial charge on any atom is 0.185 e. The van der Waals surface area contributed by atoms with Crippen molar-refractivity contribution in [2.45, 2.75) is 51.7 Å². The third-order valence-electron chi connectivity index (χ3n) is 4.48. The lowest BCUT2D eigenvalue weighted by Crippen LogP contribution is -2.49. The Balaban J connectivity index is 1.49. The van der Waals surface area contributed by atoms with Crippen LogP contribution in [0.2, 0.25) is 0 Å². The lowest BCUT2D eigenvalue weighted by molar-refractivity contribution is 0.193. The van der Waals surface area contributed by atoms with Crippen molar-refractivity contribution in [2.24, 2.45) is 0 Å². The summed E-state index contributed by atoms with van der Waals surface area (Å²) in [5.74, 6) is 0. The number of nitrogens with zero attached hydrogens (tertiary/aromatic N) is 3. The highest BCUT2D eigenvalue weighted by Crippen LogP contribution is 2.25. The first kappa shape index (κ1) is 14.3. The minimum Gasteiger partial charge on any atom is -0.346 e. The first-order valence-corrected chi connectivity index (χ1v) is 8.75. The summed E-state index contributed by atoms with van der Waals surface area (Å²) in [5.41, 5.74) is 0. The van der Waals surface area contributed by atoms with Gasteiger partial charge in [-0.1, -0.05) is 6.92 Å². The monoisotopic (exact) mass is 294 g/mol. The molecule has 1 aliphatic heterocycles. The van der Waals surface area contributed by atoms with Crippen LogP contribution < -0.4 is 10.2 Å². The molecule has 1 aliphatic carbocycles. The van der Waals surface area contributed by atoms with Gasteiger partial charge < -0.3 is 10.2 Å². The molecule has 1 saturated carbocycles. The smallest absolute Gasteiger partial charge is 0.185 e. The Kier molecular flexibility index (Phi) is 4.58. The number of nitrogens with one attached hydrogen (secondary N) is 1. The van der Waals surface area contributed by atoms with Crippen LogP contribution >= 0.6 is 11.3 Å². The van der Waals surface area contributed by atoms with Gasteiger partial charge in [-0.3, -0.25) is 4.90 Å². The second-order valence-electron chi connectivity index (χ2n) is 6.04. The van der Waals surface area contributed by atoms with E-state index in [-0.39, 0.29) is 0 Å². The van der Waals surface area contributed by atoms with Crippen molar-refractivity contribution in [2.75, 3.05) is 31.1 Å². The van der Waals surface area contributed by atoms with Crippen LogP contribution in [0.15, 0.2) is 6.20 Å². The van der Waals surface area contributed by atoms with Gasteiger partial charge >= 0.3 is 0 Å². The molecular weight excluding hydrogens is 268 g/mol. The molecular formula is C15H26N4S. The molecule has 4 nitrogen and oxygen atoms in total. The Morgan fingerprint density at radius 1 is 1.35 bits per heavy atom. The molecule has 3 rings (SSSR count). The molecule has 0 aromatic carbocycles. The molecule has 1 saturated heterocycles. The summed E-state index contributed by atoms with van der Waals surface area (Å²) < 4.78 is 0. The molecule has 1 atom stereocenters. The number of thiazole rings is 1. The minimum absolute atomic E-state index is 0.715. The molecule has 0 bridgehead atoms. The third-order valence-corrected chi connectivity index (χ3v) is 5.54. The van der Waals surface area contributed by atoms with Crippen LogP contribution in [0.1, 0.15) is 38.0 Å². The molecule has 5 heteroatoms. The van der Waals surface area contributed by atoms with Crippen molar-refractivity contribution in [1.29, 1.82) is 0 Å². The maximum absolute atomic E-state index is 4.61. The zero-order valence-corrected chi connectivity index (χ0v) is 13.5. The van der Waals surface area contributed by atoms with E-state index in [1.807, 2.05) is 11.3 Å². The van der Waals surface area contributed by atoms with Crippen molar-refractivity contribution in [3.05, 3.63) is 11.1 Å². The third kappa shape index (κ3) is 3.51.